The van der Waals surface area contributed by atoms with E-state index in [1.54, 1.807) is 11.3 Å². The molecule has 0 fully saturated rings. The average molecular weight is 300 g/mol. The topological polar surface area (TPSA) is 39.6 Å². The number of nitrogens with zero attached hydrogens (tertiary/aromatic N) is 1. The number of aromatic nitrogens is 1. The maximum atomic E-state index is 9.43. The van der Waals surface area contributed by atoms with Crippen LogP contribution in [0, 0.1) is 11.3 Å². The molecule has 0 radical (unpaired) electrons. The van der Waals surface area contributed by atoms with E-state index in [4.69, 9.17) is 0 Å². The number of H-pyrrole nitrogens is 1. The number of nitrogens with one attached hydrogen (secondary N) is 1. The van der Waals surface area contributed by atoms with E-state index in [0.717, 1.165) is 21.7 Å². The lowest BCUT2D eigenvalue weighted by molar-refractivity contribution is 1.34. The van der Waals surface area contributed by atoms with Gasteiger partial charge in [0.1, 0.15) is 11.8 Å². The third kappa shape index (κ3) is 2.11. The number of nitriles is 1. The Kier molecular flexibility index (Phi) is 3.03. The molecular weight excluding hydrogens is 288 g/mol. The Balaban J connectivity index is 1.88. The highest BCUT2D eigenvalue weighted by Crippen LogP contribution is 2.32. The van der Waals surface area contributed by atoms with Crippen molar-refractivity contribution < 1.29 is 0 Å². The number of rotatable bonds is 2. The minimum absolute atomic E-state index is 0.610. The van der Waals surface area contributed by atoms with Crippen molar-refractivity contribution in [2.24, 2.45) is 0 Å². The Labute approximate surface area is 132 Å². The van der Waals surface area contributed by atoms with Gasteiger partial charge in [-0.25, -0.2) is 0 Å². The summed E-state index contributed by atoms with van der Waals surface area (Å²) >= 11 is 1.67. The maximum absolute atomic E-state index is 9.43. The van der Waals surface area contributed by atoms with Gasteiger partial charge in [-0.2, -0.15) is 5.26 Å². The van der Waals surface area contributed by atoms with Gasteiger partial charge in [-0.1, -0.05) is 42.5 Å². The van der Waals surface area contributed by atoms with Crippen LogP contribution in [0.4, 0.5) is 0 Å². The highest BCUT2D eigenvalue weighted by Gasteiger charge is 2.12. The first kappa shape index (κ1) is 12.9. The molecule has 0 amide bonds. The van der Waals surface area contributed by atoms with Gasteiger partial charge in [-0.15, -0.1) is 11.3 Å². The second kappa shape index (κ2) is 5.18. The quantitative estimate of drug-likeness (QED) is 0.526. The molecule has 2 nitrogen and oxygen atoms in total. The van der Waals surface area contributed by atoms with Crippen LogP contribution >= 0.6 is 11.3 Å². The van der Waals surface area contributed by atoms with Crippen LogP contribution in [0.1, 0.15) is 5.69 Å². The van der Waals surface area contributed by atoms with Gasteiger partial charge in [0.2, 0.25) is 0 Å². The molecule has 3 heteroatoms. The first-order chi connectivity index (χ1) is 10.8. The number of hydrogen-bond acceptors (Lipinski definition) is 2. The fourth-order valence-corrected chi connectivity index (χ4v) is 3.39. The molecule has 0 saturated carbocycles. The standard InChI is InChI=1S/C19H12N2S/c20-12-18-16(11-17(21-18)19-6-3-9-22-19)15-8-7-13-4-1-2-5-14(13)10-15/h1-11,21H. The smallest absolute Gasteiger partial charge is 0.126 e. The average Bonchev–Trinajstić information content (AvgIpc) is 3.23. The summed E-state index contributed by atoms with van der Waals surface area (Å²) in [6, 6.07) is 23.0. The van der Waals surface area contributed by atoms with E-state index in [1.807, 2.05) is 23.6 Å². The fraction of sp³-hybridized carbons (Fsp3) is 0. The third-order valence-electron chi connectivity index (χ3n) is 3.78. The van der Waals surface area contributed by atoms with Gasteiger partial charge in [0, 0.05) is 5.56 Å². The van der Waals surface area contributed by atoms with E-state index in [-0.39, 0.29) is 0 Å². The van der Waals surface area contributed by atoms with Crippen molar-refractivity contribution in [2.75, 3.05) is 0 Å². The van der Waals surface area contributed by atoms with E-state index >= 15 is 0 Å². The van der Waals surface area contributed by atoms with Gasteiger partial charge >= 0.3 is 0 Å². The molecule has 2 heterocycles. The summed E-state index contributed by atoms with van der Waals surface area (Å²) in [5.74, 6) is 0. The monoisotopic (exact) mass is 300 g/mol. The van der Waals surface area contributed by atoms with Crippen molar-refractivity contribution in [1.82, 2.24) is 4.98 Å². The summed E-state index contributed by atoms with van der Waals surface area (Å²) in [5, 5.41) is 13.9. The molecule has 0 atom stereocenters. The van der Waals surface area contributed by atoms with Gasteiger partial charge in [0.15, 0.2) is 0 Å². The van der Waals surface area contributed by atoms with Gasteiger partial charge in [-0.3, -0.25) is 0 Å². The van der Waals surface area contributed by atoms with Crippen LogP contribution in [0.2, 0.25) is 0 Å². The molecular formula is C19H12N2S. The number of benzene rings is 2. The van der Waals surface area contributed by atoms with Crippen LogP contribution in [0.5, 0.6) is 0 Å². The van der Waals surface area contributed by atoms with Crippen LogP contribution in [-0.2, 0) is 0 Å². The van der Waals surface area contributed by atoms with E-state index in [2.05, 4.69) is 53.5 Å². The van der Waals surface area contributed by atoms with Gasteiger partial charge in [0.25, 0.3) is 0 Å². The lowest BCUT2D eigenvalue weighted by atomic mass is 10.0. The summed E-state index contributed by atoms with van der Waals surface area (Å²) in [7, 11) is 0. The fourth-order valence-electron chi connectivity index (χ4n) is 2.69. The van der Waals surface area contributed by atoms with Crippen molar-refractivity contribution >= 4 is 22.1 Å². The summed E-state index contributed by atoms with van der Waals surface area (Å²) in [6.45, 7) is 0. The molecule has 0 unspecified atom stereocenters. The highest BCUT2D eigenvalue weighted by molar-refractivity contribution is 7.13. The van der Waals surface area contributed by atoms with E-state index in [1.165, 1.54) is 10.8 Å². The Bertz CT molecular complexity index is 988. The molecule has 0 saturated heterocycles. The van der Waals surface area contributed by atoms with Gasteiger partial charge in [-0.05, 0) is 39.9 Å². The molecule has 104 valence electrons. The van der Waals surface area contributed by atoms with Crippen molar-refractivity contribution in [3.05, 3.63) is 71.7 Å². The van der Waals surface area contributed by atoms with E-state index < -0.39 is 0 Å². The Morgan fingerprint density at radius 2 is 1.77 bits per heavy atom. The highest BCUT2D eigenvalue weighted by atomic mass is 32.1. The number of fused-ring (bicyclic) bond motifs is 1. The second-order valence-electron chi connectivity index (χ2n) is 5.12. The molecule has 4 rings (SSSR count). The first-order valence-electron chi connectivity index (χ1n) is 7.01. The Morgan fingerprint density at radius 3 is 2.55 bits per heavy atom. The van der Waals surface area contributed by atoms with Crippen LogP contribution in [0.3, 0.4) is 0 Å². The third-order valence-corrected chi connectivity index (χ3v) is 4.68. The summed E-state index contributed by atoms with van der Waals surface area (Å²) in [4.78, 5) is 4.37. The van der Waals surface area contributed by atoms with Crippen LogP contribution in [0.25, 0.3) is 32.5 Å². The molecule has 0 aliphatic rings. The van der Waals surface area contributed by atoms with Crippen molar-refractivity contribution in [3.8, 4) is 27.8 Å². The van der Waals surface area contributed by atoms with Crippen molar-refractivity contribution in [1.29, 1.82) is 5.26 Å². The van der Waals surface area contributed by atoms with E-state index in [0.29, 0.717) is 5.69 Å². The molecule has 0 bridgehead atoms. The number of aromatic amines is 1. The SMILES string of the molecule is N#Cc1[nH]c(-c2cccs2)cc1-c1ccc2ccccc2c1. The Hall–Kier alpha value is -2.83. The maximum Gasteiger partial charge on any atom is 0.126 e. The van der Waals surface area contributed by atoms with Crippen LogP contribution in [0.15, 0.2) is 66.0 Å². The first-order valence-corrected chi connectivity index (χ1v) is 7.89. The molecule has 1 N–H and O–H groups in total. The van der Waals surface area contributed by atoms with Gasteiger partial charge < -0.3 is 4.98 Å². The summed E-state index contributed by atoms with van der Waals surface area (Å²) < 4.78 is 0. The second-order valence-corrected chi connectivity index (χ2v) is 6.07. The molecule has 2 aromatic carbocycles. The zero-order valence-corrected chi connectivity index (χ0v) is 12.5. The largest absolute Gasteiger partial charge is 0.345 e. The van der Waals surface area contributed by atoms with Crippen LogP contribution in [-0.4, -0.2) is 4.98 Å². The van der Waals surface area contributed by atoms with Crippen molar-refractivity contribution in [3.63, 3.8) is 0 Å². The molecule has 22 heavy (non-hydrogen) atoms. The lowest BCUT2D eigenvalue weighted by Gasteiger charge is -2.02. The van der Waals surface area contributed by atoms with Crippen molar-refractivity contribution in [2.45, 2.75) is 0 Å². The number of hydrogen-bond donors (Lipinski definition) is 1. The summed E-state index contributed by atoms with van der Waals surface area (Å²) in [6.07, 6.45) is 0. The minimum Gasteiger partial charge on any atom is -0.345 e. The van der Waals surface area contributed by atoms with Crippen LogP contribution < -0.4 is 0 Å². The molecule has 0 aliphatic heterocycles. The lowest BCUT2D eigenvalue weighted by Crippen LogP contribution is -1.81. The van der Waals surface area contributed by atoms with E-state index in [9.17, 15) is 5.26 Å². The molecule has 4 aromatic rings. The summed E-state index contributed by atoms with van der Waals surface area (Å²) in [5.41, 5.74) is 3.62. The number of thiophene rings is 1. The zero-order chi connectivity index (χ0) is 14.9. The normalized spacial score (nSPS) is 10.7. The zero-order valence-electron chi connectivity index (χ0n) is 11.7. The molecule has 2 aromatic heterocycles. The predicted octanol–water partition coefficient (Wildman–Crippen LogP) is 5.44. The molecule has 0 spiro atoms. The minimum atomic E-state index is 0.610. The Morgan fingerprint density at radius 1 is 0.909 bits per heavy atom. The molecule has 0 aliphatic carbocycles. The predicted molar refractivity (Wildman–Crippen MR) is 91.8 cm³/mol. The van der Waals surface area contributed by atoms with Gasteiger partial charge in [0.05, 0.1) is 10.6 Å².